The number of aliphatic carboxylic acids is 1. The lowest BCUT2D eigenvalue weighted by Crippen LogP contribution is -2.32. The number of carbonyl (C=O) groups is 1. The van der Waals surface area contributed by atoms with Crippen LogP contribution in [0.25, 0.3) is 0 Å². The molecule has 2 atom stereocenters. The lowest BCUT2D eigenvalue weighted by molar-refractivity contribution is -0.533. The highest BCUT2D eigenvalue weighted by Gasteiger charge is 2.27. The first kappa shape index (κ1) is 22.3. The summed E-state index contributed by atoms with van der Waals surface area (Å²) in [5, 5.41) is 29.6. The number of carboxylic acid groups (broad SMARTS) is 1. The Bertz CT molecular complexity index is 406. The Balaban J connectivity index is 4.04. The van der Waals surface area contributed by atoms with Crippen molar-refractivity contribution in [3.05, 3.63) is 34.4 Å². The number of nitro groups is 1. The van der Waals surface area contributed by atoms with Crippen molar-refractivity contribution in [2.24, 2.45) is 0 Å². The number of rotatable bonds is 15. The fraction of sp³-hybridized carbons (Fsp3) is 0.722. The van der Waals surface area contributed by atoms with Crippen LogP contribution in [0.3, 0.4) is 0 Å². The van der Waals surface area contributed by atoms with E-state index in [4.69, 9.17) is 5.11 Å². The van der Waals surface area contributed by atoms with E-state index in [9.17, 15) is 20.0 Å². The predicted octanol–water partition coefficient (Wildman–Crippen LogP) is 4.11. The van der Waals surface area contributed by atoms with Gasteiger partial charge in [0.15, 0.2) is 0 Å². The normalized spacial score (nSPS) is 14.2. The highest BCUT2D eigenvalue weighted by Crippen LogP contribution is 2.11. The third-order valence-corrected chi connectivity index (χ3v) is 3.79. The second-order valence-electron chi connectivity index (χ2n) is 5.97. The number of aliphatic hydroxyl groups is 1. The molecule has 6 heteroatoms. The predicted molar refractivity (Wildman–Crippen MR) is 94.5 cm³/mol. The maximum absolute atomic E-state index is 11.1. The molecular weight excluding hydrogens is 310 g/mol. The second-order valence-corrected chi connectivity index (χ2v) is 5.97. The molecule has 0 aliphatic rings. The summed E-state index contributed by atoms with van der Waals surface area (Å²) < 4.78 is 0. The molecule has 0 radical (unpaired) electrons. The van der Waals surface area contributed by atoms with E-state index in [0.29, 0.717) is 6.42 Å². The van der Waals surface area contributed by atoms with E-state index in [2.05, 4.69) is 6.92 Å². The van der Waals surface area contributed by atoms with Gasteiger partial charge in [-0.2, -0.15) is 0 Å². The number of aliphatic hydroxyl groups excluding tert-OH is 1. The molecule has 2 unspecified atom stereocenters. The molecule has 0 amide bonds. The molecule has 0 aromatic heterocycles. The van der Waals surface area contributed by atoms with Crippen molar-refractivity contribution in [1.82, 2.24) is 0 Å². The van der Waals surface area contributed by atoms with Gasteiger partial charge in [0.05, 0.1) is 0 Å². The molecule has 24 heavy (non-hydrogen) atoms. The van der Waals surface area contributed by atoms with Crippen LogP contribution in [0.4, 0.5) is 0 Å². The van der Waals surface area contributed by atoms with Crippen LogP contribution in [-0.2, 0) is 4.79 Å². The van der Waals surface area contributed by atoms with Crippen LogP contribution in [0, 0.1) is 10.1 Å². The van der Waals surface area contributed by atoms with Gasteiger partial charge in [-0.25, -0.2) is 0 Å². The van der Waals surface area contributed by atoms with Crippen molar-refractivity contribution in [3.63, 3.8) is 0 Å². The van der Waals surface area contributed by atoms with E-state index in [1.165, 1.54) is 0 Å². The summed E-state index contributed by atoms with van der Waals surface area (Å²) in [5.74, 6) is -0.800. The first-order valence-corrected chi connectivity index (χ1v) is 8.82. The highest BCUT2D eigenvalue weighted by atomic mass is 16.6. The first-order valence-electron chi connectivity index (χ1n) is 8.82. The summed E-state index contributed by atoms with van der Waals surface area (Å²) in [6.07, 6.45) is 13.4. The minimum atomic E-state index is -1.00. The van der Waals surface area contributed by atoms with Crippen LogP contribution in [0.2, 0.25) is 0 Å². The average Bonchev–Trinajstić information content (AvgIpc) is 2.52. The number of nitrogens with zero attached hydrogens (tertiary/aromatic N) is 1. The fourth-order valence-corrected chi connectivity index (χ4v) is 2.30. The van der Waals surface area contributed by atoms with Crippen LogP contribution in [0.15, 0.2) is 24.3 Å². The molecule has 0 spiro atoms. The van der Waals surface area contributed by atoms with E-state index >= 15 is 0 Å². The van der Waals surface area contributed by atoms with Gasteiger partial charge in [-0.15, -0.1) is 0 Å². The second kappa shape index (κ2) is 14.9. The van der Waals surface area contributed by atoms with Gasteiger partial charge in [0.2, 0.25) is 6.04 Å². The number of carboxylic acids is 1. The summed E-state index contributed by atoms with van der Waals surface area (Å²) >= 11 is 0. The lowest BCUT2D eigenvalue weighted by atomic mass is 10.0. The minimum Gasteiger partial charge on any atom is -0.481 e. The SMILES string of the molecule is CCCCC/C=C\CC(C(O)C/C=C\CCCCC(=O)O)[N+](=O)[O-]. The maximum Gasteiger partial charge on any atom is 0.303 e. The van der Waals surface area contributed by atoms with Crippen molar-refractivity contribution >= 4 is 5.97 Å². The third-order valence-electron chi connectivity index (χ3n) is 3.79. The summed E-state index contributed by atoms with van der Waals surface area (Å²) in [7, 11) is 0. The van der Waals surface area contributed by atoms with Gasteiger partial charge in [-0.05, 0) is 38.5 Å². The first-order chi connectivity index (χ1) is 11.5. The molecule has 6 nitrogen and oxygen atoms in total. The van der Waals surface area contributed by atoms with E-state index < -0.39 is 23.0 Å². The monoisotopic (exact) mass is 341 g/mol. The Labute approximate surface area is 144 Å². The summed E-state index contributed by atoms with van der Waals surface area (Å²) in [5.41, 5.74) is 0. The highest BCUT2D eigenvalue weighted by molar-refractivity contribution is 5.66. The zero-order chi connectivity index (χ0) is 18.2. The van der Waals surface area contributed by atoms with Crippen LogP contribution in [-0.4, -0.2) is 33.3 Å². The van der Waals surface area contributed by atoms with Crippen molar-refractivity contribution < 1.29 is 19.9 Å². The van der Waals surface area contributed by atoms with Gasteiger partial charge in [-0.3, -0.25) is 14.9 Å². The van der Waals surface area contributed by atoms with E-state index in [1.54, 1.807) is 12.2 Å². The topological polar surface area (TPSA) is 101 Å². The van der Waals surface area contributed by atoms with Crippen LogP contribution < -0.4 is 0 Å². The number of hydrogen-bond acceptors (Lipinski definition) is 4. The molecule has 0 saturated heterocycles. The van der Waals surface area contributed by atoms with Gasteiger partial charge in [0.25, 0.3) is 0 Å². The molecule has 0 aromatic carbocycles. The number of hydrogen-bond donors (Lipinski definition) is 2. The fourth-order valence-electron chi connectivity index (χ4n) is 2.30. The Morgan fingerprint density at radius 1 is 1.04 bits per heavy atom. The molecule has 0 saturated carbocycles. The van der Waals surface area contributed by atoms with Gasteiger partial charge in [0.1, 0.15) is 6.10 Å². The maximum atomic E-state index is 11.1. The van der Waals surface area contributed by atoms with E-state index in [1.807, 2.05) is 12.2 Å². The molecule has 0 fully saturated rings. The lowest BCUT2D eigenvalue weighted by Gasteiger charge is -2.12. The summed E-state index contributed by atoms with van der Waals surface area (Å²) in [6, 6.07) is -0.982. The molecule has 0 bridgehead atoms. The molecule has 0 aromatic rings. The zero-order valence-corrected chi connectivity index (χ0v) is 14.6. The van der Waals surface area contributed by atoms with Crippen molar-refractivity contribution in [1.29, 1.82) is 0 Å². The molecular formula is C18H31NO5. The van der Waals surface area contributed by atoms with Crippen LogP contribution >= 0.6 is 0 Å². The molecule has 138 valence electrons. The quantitative estimate of drug-likeness (QED) is 0.202. The smallest absolute Gasteiger partial charge is 0.303 e. The van der Waals surface area contributed by atoms with Crippen LogP contribution in [0.1, 0.15) is 71.1 Å². The largest absolute Gasteiger partial charge is 0.481 e. The Hall–Kier alpha value is -1.69. The minimum absolute atomic E-state index is 0.157. The summed E-state index contributed by atoms with van der Waals surface area (Å²) in [6.45, 7) is 2.13. The van der Waals surface area contributed by atoms with Gasteiger partial charge < -0.3 is 10.2 Å². The molecule has 0 aliphatic carbocycles. The summed E-state index contributed by atoms with van der Waals surface area (Å²) in [4.78, 5) is 21.0. The van der Waals surface area contributed by atoms with Crippen LogP contribution in [0.5, 0.6) is 0 Å². The van der Waals surface area contributed by atoms with E-state index in [-0.39, 0.29) is 19.3 Å². The Morgan fingerprint density at radius 2 is 1.62 bits per heavy atom. The third kappa shape index (κ3) is 12.8. The molecule has 0 rings (SSSR count). The van der Waals surface area contributed by atoms with Gasteiger partial charge in [-0.1, -0.05) is 44.1 Å². The standard InChI is InChI=1S/C18H31NO5/c1-2-3-4-5-7-10-13-16(19(23)24)17(20)14-11-8-6-9-12-15-18(21)22/h7-8,10-11,16-17,20H,2-6,9,12-15H2,1H3,(H,21,22)/b10-7-,11-8-. The van der Waals surface area contributed by atoms with Gasteiger partial charge in [0, 0.05) is 17.8 Å². The van der Waals surface area contributed by atoms with Crippen molar-refractivity contribution in [2.45, 2.75) is 83.3 Å². The Kier molecular flexibility index (Phi) is 13.8. The van der Waals surface area contributed by atoms with Crippen molar-refractivity contribution in [2.75, 3.05) is 0 Å². The molecule has 0 heterocycles. The number of allylic oxidation sites excluding steroid dienone is 2. The van der Waals surface area contributed by atoms with E-state index in [0.717, 1.165) is 38.5 Å². The average molecular weight is 341 g/mol. The zero-order valence-electron chi connectivity index (χ0n) is 14.6. The molecule has 2 N–H and O–H groups in total. The van der Waals surface area contributed by atoms with Gasteiger partial charge >= 0.3 is 5.97 Å². The van der Waals surface area contributed by atoms with Crippen molar-refractivity contribution in [3.8, 4) is 0 Å². The Morgan fingerprint density at radius 3 is 2.17 bits per heavy atom. The number of unbranched alkanes of at least 4 members (excludes halogenated alkanes) is 5. The molecule has 0 aliphatic heterocycles.